The van der Waals surface area contributed by atoms with E-state index in [0.717, 1.165) is 4.90 Å². The number of urea groups is 2. The molecule has 182 valence electrons. The fraction of sp³-hybridized carbons (Fsp3) is 0.292. The second-order valence-corrected chi connectivity index (χ2v) is 9.77. The lowest BCUT2D eigenvalue weighted by atomic mass is 9.78. The lowest BCUT2D eigenvalue weighted by molar-refractivity contribution is -0.140. The quantitative estimate of drug-likeness (QED) is 0.430. The summed E-state index contributed by atoms with van der Waals surface area (Å²) < 4.78 is 0. The number of hydrogen-bond donors (Lipinski definition) is 3. The Morgan fingerprint density at radius 3 is 2.49 bits per heavy atom. The number of nitrogens with zero attached hydrogens (tertiary/aromatic N) is 3. The summed E-state index contributed by atoms with van der Waals surface area (Å²) in [7, 11) is 0. The zero-order valence-electron chi connectivity index (χ0n) is 19.5. The van der Waals surface area contributed by atoms with E-state index in [1.807, 2.05) is 32.2 Å². The fourth-order valence-electron chi connectivity index (χ4n) is 4.07. The minimum absolute atomic E-state index is 0.0746. The number of carbonyl (C=O) groups is 4. The van der Waals surface area contributed by atoms with Gasteiger partial charge in [-0.15, -0.1) is 0 Å². The number of nitrogens with one attached hydrogen (secondary N) is 3. The van der Waals surface area contributed by atoms with Gasteiger partial charge in [-0.05, 0) is 42.0 Å². The maximum absolute atomic E-state index is 13.0. The molecule has 2 aromatic rings. The normalized spacial score (nSPS) is 19.8. The number of benzene rings is 2. The van der Waals surface area contributed by atoms with Crippen LogP contribution in [0.25, 0.3) is 0 Å². The number of halogens is 1. The monoisotopic (exact) mass is 496 g/mol. The molecule has 1 fully saturated rings. The highest BCUT2D eigenvalue weighted by atomic mass is 35.5. The molecule has 0 aliphatic carbocycles. The van der Waals surface area contributed by atoms with E-state index in [1.54, 1.807) is 53.7 Å². The molecule has 0 spiro atoms. The molecule has 4 rings (SSSR count). The summed E-state index contributed by atoms with van der Waals surface area (Å²) in [5.74, 6) is -1.85. The van der Waals surface area contributed by atoms with Gasteiger partial charge < -0.3 is 10.6 Å². The van der Waals surface area contributed by atoms with Crippen LogP contribution in [-0.2, 0) is 16.1 Å². The molecule has 3 N–H and O–H groups in total. The van der Waals surface area contributed by atoms with Gasteiger partial charge in [0.05, 0.1) is 12.2 Å². The van der Waals surface area contributed by atoms with Crippen LogP contribution in [0, 0.1) is 5.41 Å². The molecular weight excluding hydrogens is 472 g/mol. The first kappa shape index (κ1) is 24.2. The summed E-state index contributed by atoms with van der Waals surface area (Å²) in [6.07, 6.45) is 2.17. The second-order valence-electron chi connectivity index (χ2n) is 9.33. The topological polar surface area (TPSA) is 123 Å². The van der Waals surface area contributed by atoms with Crippen LogP contribution in [0.2, 0.25) is 5.02 Å². The van der Waals surface area contributed by atoms with Gasteiger partial charge in [-0.2, -0.15) is 5.10 Å². The summed E-state index contributed by atoms with van der Waals surface area (Å²) in [6, 6.07) is 12.7. The van der Waals surface area contributed by atoms with Gasteiger partial charge in [0.25, 0.3) is 0 Å². The highest BCUT2D eigenvalue weighted by Gasteiger charge is 2.51. The van der Waals surface area contributed by atoms with Crippen molar-refractivity contribution < 1.29 is 19.2 Å². The smallest absolute Gasteiger partial charge is 0.312 e. The van der Waals surface area contributed by atoms with Crippen LogP contribution < -0.4 is 21.0 Å². The van der Waals surface area contributed by atoms with Crippen molar-refractivity contribution in [3.63, 3.8) is 0 Å². The van der Waals surface area contributed by atoms with Gasteiger partial charge in [-0.25, -0.2) is 14.6 Å². The molecule has 2 aliphatic heterocycles. The summed E-state index contributed by atoms with van der Waals surface area (Å²) >= 11 is 5.93. The average Bonchev–Trinajstić information content (AvgIpc) is 3.32. The van der Waals surface area contributed by atoms with E-state index in [0.29, 0.717) is 28.4 Å². The third-order valence-electron chi connectivity index (χ3n) is 6.01. The van der Waals surface area contributed by atoms with Gasteiger partial charge >= 0.3 is 23.9 Å². The van der Waals surface area contributed by atoms with Crippen LogP contribution in [0.1, 0.15) is 32.8 Å². The third kappa shape index (κ3) is 4.69. The highest BCUT2D eigenvalue weighted by molar-refractivity contribution is 6.44. The molecule has 0 aromatic heterocycles. The van der Waals surface area contributed by atoms with Crippen LogP contribution in [0.5, 0.6) is 0 Å². The molecule has 2 heterocycles. The maximum atomic E-state index is 13.0. The minimum atomic E-state index is -0.946. The van der Waals surface area contributed by atoms with Crippen LogP contribution in [0.3, 0.4) is 0 Å². The molecule has 2 aromatic carbocycles. The van der Waals surface area contributed by atoms with Crippen molar-refractivity contribution in [3.05, 3.63) is 59.1 Å². The molecule has 0 bridgehead atoms. The van der Waals surface area contributed by atoms with Crippen molar-refractivity contribution in [3.8, 4) is 0 Å². The Kier molecular flexibility index (Phi) is 6.25. The molecule has 6 amide bonds. The zero-order chi connectivity index (χ0) is 25.4. The number of hydrazone groups is 1. The first-order chi connectivity index (χ1) is 16.5. The lowest BCUT2D eigenvalue weighted by Crippen LogP contribution is -2.65. The summed E-state index contributed by atoms with van der Waals surface area (Å²) in [6.45, 7) is 5.93. The van der Waals surface area contributed by atoms with E-state index >= 15 is 0 Å². The summed E-state index contributed by atoms with van der Waals surface area (Å²) in [5, 5.41) is 14.8. The van der Waals surface area contributed by atoms with Crippen molar-refractivity contribution >= 4 is 53.1 Å². The molecule has 1 atom stereocenters. The fourth-order valence-corrected chi connectivity index (χ4v) is 4.20. The Morgan fingerprint density at radius 1 is 1.14 bits per heavy atom. The number of imide groups is 2. The molecule has 2 aliphatic rings. The largest absolute Gasteiger partial charge is 0.331 e. The second kappa shape index (κ2) is 9.03. The average molecular weight is 497 g/mol. The molecule has 10 nitrogen and oxygen atoms in total. The number of rotatable bonds is 5. The van der Waals surface area contributed by atoms with Gasteiger partial charge in [0.1, 0.15) is 5.66 Å². The van der Waals surface area contributed by atoms with Gasteiger partial charge in [-0.1, -0.05) is 44.5 Å². The first-order valence-electron chi connectivity index (χ1n) is 10.9. The molecule has 11 heteroatoms. The van der Waals surface area contributed by atoms with E-state index in [9.17, 15) is 19.2 Å². The molecule has 1 saturated heterocycles. The predicted molar refractivity (Wildman–Crippen MR) is 132 cm³/mol. The van der Waals surface area contributed by atoms with Crippen molar-refractivity contribution in [1.29, 1.82) is 0 Å². The Balaban J connectivity index is 1.59. The van der Waals surface area contributed by atoms with Crippen molar-refractivity contribution in [2.45, 2.75) is 39.4 Å². The number of hydrogen-bond acceptors (Lipinski definition) is 6. The third-order valence-corrected chi connectivity index (χ3v) is 6.26. The molecule has 1 unspecified atom stereocenters. The summed E-state index contributed by atoms with van der Waals surface area (Å²) in [4.78, 5) is 49.3. The first-order valence-corrected chi connectivity index (χ1v) is 11.3. The van der Waals surface area contributed by atoms with E-state index < -0.39 is 35.0 Å². The van der Waals surface area contributed by atoms with E-state index in [2.05, 4.69) is 15.7 Å². The van der Waals surface area contributed by atoms with Crippen LogP contribution in [0.4, 0.5) is 21.0 Å². The Bertz CT molecular complexity index is 1220. The predicted octanol–water partition coefficient (Wildman–Crippen LogP) is 3.68. The van der Waals surface area contributed by atoms with E-state index in [1.165, 1.54) is 0 Å². The standard InChI is InChI=1S/C24H25ClN6O4/c1-23(2,3)24(29-21(34)27-17-9-7-16(25)8-10-17)11-12-26-31(24)18-6-4-5-15(13-18)14-30-20(33)19(32)28-22(30)35/h4-10,12-13H,11,14H2,1-3H3,(H2,27,29,34)(H,28,32,35). The van der Waals surface area contributed by atoms with Crippen LogP contribution in [-0.4, -0.2) is 40.7 Å². The Hall–Kier alpha value is -3.92. The van der Waals surface area contributed by atoms with Gasteiger partial charge in [0.2, 0.25) is 0 Å². The van der Waals surface area contributed by atoms with Gasteiger partial charge in [0.15, 0.2) is 0 Å². The van der Waals surface area contributed by atoms with Crippen LogP contribution in [0.15, 0.2) is 53.6 Å². The highest BCUT2D eigenvalue weighted by Crippen LogP contribution is 2.42. The van der Waals surface area contributed by atoms with Gasteiger partial charge in [0, 0.05) is 28.8 Å². The number of amides is 6. The SMILES string of the molecule is CC(C)(C)C1(NC(=O)Nc2ccc(Cl)cc2)CC=NN1c1cccc(CN2C(=O)NC(=O)C2=O)c1. The number of carbonyl (C=O) groups excluding carboxylic acids is 4. The molecule has 0 saturated carbocycles. The zero-order valence-corrected chi connectivity index (χ0v) is 20.2. The van der Waals surface area contributed by atoms with Crippen molar-refractivity contribution in [2.24, 2.45) is 10.5 Å². The van der Waals surface area contributed by atoms with Crippen molar-refractivity contribution in [1.82, 2.24) is 15.5 Å². The minimum Gasteiger partial charge on any atom is -0.312 e. The molecular formula is C24H25ClN6O4. The molecule has 35 heavy (non-hydrogen) atoms. The molecule has 0 radical (unpaired) electrons. The van der Waals surface area contributed by atoms with Crippen LogP contribution >= 0.6 is 11.6 Å². The Morgan fingerprint density at radius 2 is 1.86 bits per heavy atom. The maximum Gasteiger partial charge on any atom is 0.331 e. The van der Waals surface area contributed by atoms with Gasteiger partial charge in [-0.3, -0.25) is 19.8 Å². The van der Waals surface area contributed by atoms with E-state index in [4.69, 9.17) is 11.6 Å². The number of anilines is 2. The van der Waals surface area contributed by atoms with E-state index in [-0.39, 0.29) is 6.54 Å². The summed E-state index contributed by atoms with van der Waals surface area (Å²) in [5.41, 5.74) is 0.478. The van der Waals surface area contributed by atoms with Crippen molar-refractivity contribution in [2.75, 3.05) is 10.3 Å². The Labute approximate surface area is 207 Å². The lowest BCUT2D eigenvalue weighted by Gasteiger charge is -2.47.